The third-order valence-electron chi connectivity index (χ3n) is 3.49. The molecule has 3 nitrogen and oxygen atoms in total. The number of benzene rings is 1. The van der Waals surface area contributed by atoms with Gasteiger partial charge >= 0.3 is 0 Å². The van der Waals surface area contributed by atoms with Crippen LogP contribution in [0.4, 0.5) is 5.82 Å². The Morgan fingerprint density at radius 1 is 1.10 bits per heavy atom. The molecule has 0 radical (unpaired) electrons. The molecule has 1 heterocycles. The second-order valence-corrected chi connectivity index (χ2v) is 5.80. The Hall–Kier alpha value is -2.03. The Labute approximate surface area is 127 Å². The SMILES string of the molecule is CCCOc1cccnc1NCC(C)(C)c1ccccc1. The van der Waals surface area contributed by atoms with Gasteiger partial charge in [-0.3, -0.25) is 0 Å². The van der Waals surface area contributed by atoms with E-state index in [0.29, 0.717) is 6.61 Å². The summed E-state index contributed by atoms with van der Waals surface area (Å²) < 4.78 is 5.73. The third-order valence-corrected chi connectivity index (χ3v) is 3.49. The summed E-state index contributed by atoms with van der Waals surface area (Å²) in [6, 6.07) is 14.4. The molecule has 0 fully saturated rings. The van der Waals surface area contributed by atoms with Crippen LogP contribution < -0.4 is 10.1 Å². The van der Waals surface area contributed by atoms with Gasteiger partial charge in [-0.25, -0.2) is 4.98 Å². The maximum Gasteiger partial charge on any atom is 0.168 e. The average molecular weight is 284 g/mol. The van der Waals surface area contributed by atoms with Crippen LogP contribution >= 0.6 is 0 Å². The van der Waals surface area contributed by atoms with Crippen molar-refractivity contribution in [2.24, 2.45) is 0 Å². The van der Waals surface area contributed by atoms with Gasteiger partial charge in [0, 0.05) is 18.2 Å². The molecule has 0 atom stereocenters. The van der Waals surface area contributed by atoms with E-state index in [4.69, 9.17) is 4.74 Å². The molecule has 0 amide bonds. The predicted octanol–water partition coefficient (Wildman–Crippen LogP) is 4.26. The molecule has 0 bridgehead atoms. The van der Waals surface area contributed by atoms with Crippen LogP contribution in [-0.4, -0.2) is 18.1 Å². The lowest BCUT2D eigenvalue weighted by Crippen LogP contribution is -2.28. The molecule has 1 aromatic carbocycles. The molecule has 0 saturated heterocycles. The number of anilines is 1. The van der Waals surface area contributed by atoms with Crippen molar-refractivity contribution in [1.29, 1.82) is 0 Å². The molecule has 0 aliphatic carbocycles. The monoisotopic (exact) mass is 284 g/mol. The third kappa shape index (κ3) is 4.22. The van der Waals surface area contributed by atoms with Gasteiger partial charge < -0.3 is 10.1 Å². The number of aromatic nitrogens is 1. The fourth-order valence-corrected chi connectivity index (χ4v) is 2.15. The first-order chi connectivity index (χ1) is 10.1. The molecule has 0 saturated carbocycles. The van der Waals surface area contributed by atoms with Gasteiger partial charge in [-0.15, -0.1) is 0 Å². The van der Waals surface area contributed by atoms with Gasteiger partial charge in [0.2, 0.25) is 0 Å². The Morgan fingerprint density at radius 2 is 1.86 bits per heavy atom. The summed E-state index contributed by atoms with van der Waals surface area (Å²) in [6.45, 7) is 8.07. The quantitative estimate of drug-likeness (QED) is 0.825. The number of hydrogen-bond acceptors (Lipinski definition) is 3. The summed E-state index contributed by atoms with van der Waals surface area (Å²) in [6.07, 6.45) is 2.78. The van der Waals surface area contributed by atoms with Crippen LogP contribution in [0.2, 0.25) is 0 Å². The van der Waals surface area contributed by atoms with Crippen molar-refractivity contribution in [2.45, 2.75) is 32.6 Å². The van der Waals surface area contributed by atoms with Gasteiger partial charge in [-0.1, -0.05) is 51.1 Å². The topological polar surface area (TPSA) is 34.1 Å². The molecule has 3 heteroatoms. The molecule has 0 aliphatic rings. The zero-order chi connectivity index (χ0) is 15.1. The van der Waals surface area contributed by atoms with E-state index in [9.17, 15) is 0 Å². The van der Waals surface area contributed by atoms with Gasteiger partial charge in [-0.2, -0.15) is 0 Å². The van der Waals surface area contributed by atoms with Crippen molar-refractivity contribution in [3.63, 3.8) is 0 Å². The summed E-state index contributed by atoms with van der Waals surface area (Å²) in [5.74, 6) is 1.64. The van der Waals surface area contributed by atoms with Crippen molar-refractivity contribution >= 4 is 5.82 Å². The first-order valence-electron chi connectivity index (χ1n) is 7.50. The van der Waals surface area contributed by atoms with Crippen LogP contribution in [0.15, 0.2) is 48.7 Å². The lowest BCUT2D eigenvalue weighted by molar-refractivity contribution is 0.317. The van der Waals surface area contributed by atoms with Crippen molar-refractivity contribution in [2.75, 3.05) is 18.5 Å². The first-order valence-corrected chi connectivity index (χ1v) is 7.50. The van der Waals surface area contributed by atoms with E-state index in [0.717, 1.165) is 24.5 Å². The largest absolute Gasteiger partial charge is 0.490 e. The van der Waals surface area contributed by atoms with Crippen molar-refractivity contribution in [1.82, 2.24) is 4.98 Å². The Balaban J connectivity index is 2.06. The summed E-state index contributed by atoms with van der Waals surface area (Å²) in [5.41, 5.74) is 1.34. The lowest BCUT2D eigenvalue weighted by atomic mass is 9.84. The van der Waals surface area contributed by atoms with E-state index in [1.54, 1.807) is 6.20 Å². The van der Waals surface area contributed by atoms with Crippen LogP contribution in [0.5, 0.6) is 5.75 Å². The average Bonchev–Trinajstić information content (AvgIpc) is 2.52. The van der Waals surface area contributed by atoms with Crippen molar-refractivity contribution < 1.29 is 4.74 Å². The second-order valence-electron chi connectivity index (χ2n) is 5.80. The van der Waals surface area contributed by atoms with E-state index in [-0.39, 0.29) is 5.41 Å². The van der Waals surface area contributed by atoms with Crippen LogP contribution in [0.1, 0.15) is 32.8 Å². The molecule has 0 aliphatic heterocycles. The highest BCUT2D eigenvalue weighted by Crippen LogP contribution is 2.26. The normalized spacial score (nSPS) is 11.2. The smallest absolute Gasteiger partial charge is 0.168 e. The zero-order valence-electron chi connectivity index (χ0n) is 13.1. The summed E-state index contributed by atoms with van der Waals surface area (Å²) in [4.78, 5) is 4.39. The Kier molecular flexibility index (Phi) is 5.20. The van der Waals surface area contributed by atoms with Gasteiger partial charge in [0.05, 0.1) is 6.61 Å². The van der Waals surface area contributed by atoms with Crippen LogP contribution in [-0.2, 0) is 5.41 Å². The minimum atomic E-state index is 0.0286. The Morgan fingerprint density at radius 3 is 2.57 bits per heavy atom. The fraction of sp³-hybridized carbons (Fsp3) is 0.389. The zero-order valence-corrected chi connectivity index (χ0v) is 13.1. The highest BCUT2D eigenvalue weighted by molar-refractivity contribution is 5.50. The summed E-state index contributed by atoms with van der Waals surface area (Å²) >= 11 is 0. The van der Waals surface area contributed by atoms with Gasteiger partial charge in [-0.05, 0) is 24.1 Å². The van der Waals surface area contributed by atoms with Crippen molar-refractivity contribution in [3.05, 3.63) is 54.2 Å². The lowest BCUT2D eigenvalue weighted by Gasteiger charge is -2.26. The minimum Gasteiger partial charge on any atom is -0.490 e. The first kappa shape index (κ1) is 15.4. The molecular weight excluding hydrogens is 260 g/mol. The van der Waals surface area contributed by atoms with Gasteiger partial charge in [0.25, 0.3) is 0 Å². The highest BCUT2D eigenvalue weighted by atomic mass is 16.5. The maximum absolute atomic E-state index is 5.73. The molecule has 1 aromatic heterocycles. The number of nitrogens with zero attached hydrogens (tertiary/aromatic N) is 1. The maximum atomic E-state index is 5.73. The standard InChI is InChI=1S/C18H24N2O/c1-4-13-21-16-11-8-12-19-17(16)20-14-18(2,3)15-9-6-5-7-10-15/h5-12H,4,13-14H2,1-3H3,(H,19,20). The Bertz CT molecular complexity index is 552. The number of hydrogen-bond donors (Lipinski definition) is 1. The van der Waals surface area contributed by atoms with Gasteiger partial charge in [0.1, 0.15) is 0 Å². The van der Waals surface area contributed by atoms with Gasteiger partial charge in [0.15, 0.2) is 11.6 Å². The molecule has 0 unspecified atom stereocenters. The molecular formula is C18H24N2O. The molecule has 1 N–H and O–H groups in total. The number of ether oxygens (including phenoxy) is 1. The molecule has 112 valence electrons. The van der Waals surface area contributed by atoms with E-state index in [2.05, 4.69) is 55.3 Å². The number of pyridine rings is 1. The van der Waals surface area contributed by atoms with E-state index < -0.39 is 0 Å². The molecule has 0 spiro atoms. The second kappa shape index (κ2) is 7.11. The molecule has 21 heavy (non-hydrogen) atoms. The minimum absolute atomic E-state index is 0.0286. The van der Waals surface area contributed by atoms with Crippen LogP contribution in [0.3, 0.4) is 0 Å². The molecule has 2 aromatic rings. The summed E-state index contributed by atoms with van der Waals surface area (Å²) in [7, 11) is 0. The number of nitrogens with one attached hydrogen (secondary N) is 1. The van der Waals surface area contributed by atoms with Crippen LogP contribution in [0.25, 0.3) is 0 Å². The highest BCUT2D eigenvalue weighted by Gasteiger charge is 2.20. The van der Waals surface area contributed by atoms with E-state index in [1.807, 2.05) is 18.2 Å². The van der Waals surface area contributed by atoms with E-state index >= 15 is 0 Å². The number of rotatable bonds is 7. The van der Waals surface area contributed by atoms with Crippen LogP contribution in [0, 0.1) is 0 Å². The molecule has 2 rings (SSSR count). The van der Waals surface area contributed by atoms with E-state index in [1.165, 1.54) is 5.56 Å². The summed E-state index contributed by atoms with van der Waals surface area (Å²) in [5, 5.41) is 3.42. The predicted molar refractivity (Wildman–Crippen MR) is 88.0 cm³/mol. The fourth-order valence-electron chi connectivity index (χ4n) is 2.15. The van der Waals surface area contributed by atoms with Crippen molar-refractivity contribution in [3.8, 4) is 5.75 Å².